The second-order valence-corrected chi connectivity index (χ2v) is 10.0. The standard InChI is InChI=1S/C32H29N2O/c1-20-8-17-28(34(3)19-20)29-21(2)9-15-26-27-16-14-25(18-33)30(32(27)35-31(26)29)24-12-10-23(11-13-24)22-6-4-5-7-22/h8-17,19,22H,4-7H2,1-3H3/q+1. The van der Waals surface area contributed by atoms with Crippen LogP contribution in [0.3, 0.4) is 0 Å². The zero-order valence-electron chi connectivity index (χ0n) is 20.6. The Morgan fingerprint density at radius 1 is 0.829 bits per heavy atom. The van der Waals surface area contributed by atoms with E-state index in [-0.39, 0.29) is 0 Å². The molecule has 0 saturated heterocycles. The van der Waals surface area contributed by atoms with Gasteiger partial charge in [0.15, 0.2) is 6.20 Å². The zero-order valence-corrected chi connectivity index (χ0v) is 20.6. The fourth-order valence-electron chi connectivity index (χ4n) is 5.89. The molecule has 5 aromatic rings. The molecule has 172 valence electrons. The quantitative estimate of drug-likeness (QED) is 0.258. The fraction of sp³-hybridized carbons (Fsp3) is 0.250. The van der Waals surface area contributed by atoms with Crippen LogP contribution in [-0.2, 0) is 7.05 Å². The van der Waals surface area contributed by atoms with Crippen molar-refractivity contribution in [1.82, 2.24) is 0 Å². The van der Waals surface area contributed by atoms with Crippen molar-refractivity contribution in [2.24, 2.45) is 7.05 Å². The van der Waals surface area contributed by atoms with Crippen molar-refractivity contribution in [2.45, 2.75) is 45.4 Å². The monoisotopic (exact) mass is 457 g/mol. The van der Waals surface area contributed by atoms with Crippen LogP contribution in [0.2, 0.25) is 0 Å². The second kappa shape index (κ2) is 8.40. The van der Waals surface area contributed by atoms with Gasteiger partial charge in [0.05, 0.1) is 17.2 Å². The van der Waals surface area contributed by atoms with Crippen molar-refractivity contribution >= 4 is 21.9 Å². The van der Waals surface area contributed by atoms with Gasteiger partial charge in [-0.15, -0.1) is 0 Å². The lowest BCUT2D eigenvalue weighted by Gasteiger charge is -2.11. The molecule has 35 heavy (non-hydrogen) atoms. The van der Waals surface area contributed by atoms with Crippen LogP contribution in [0.5, 0.6) is 0 Å². The van der Waals surface area contributed by atoms with Crippen LogP contribution in [0.25, 0.3) is 44.3 Å². The normalized spacial score (nSPS) is 14.1. The van der Waals surface area contributed by atoms with E-state index in [2.05, 4.69) is 86.3 Å². The summed E-state index contributed by atoms with van der Waals surface area (Å²) in [6.45, 7) is 4.23. The number of hydrogen-bond donors (Lipinski definition) is 0. The number of fused-ring (bicyclic) bond motifs is 3. The Hall–Kier alpha value is -3.90. The zero-order chi connectivity index (χ0) is 24.1. The first-order chi connectivity index (χ1) is 17.0. The van der Waals surface area contributed by atoms with Gasteiger partial charge < -0.3 is 4.42 Å². The highest BCUT2D eigenvalue weighted by Crippen LogP contribution is 2.42. The van der Waals surface area contributed by atoms with Crippen molar-refractivity contribution in [1.29, 1.82) is 5.26 Å². The molecule has 3 aromatic carbocycles. The Bertz CT molecular complexity index is 1630. The highest BCUT2D eigenvalue weighted by atomic mass is 16.3. The van der Waals surface area contributed by atoms with Gasteiger partial charge in [-0.25, -0.2) is 4.57 Å². The van der Waals surface area contributed by atoms with E-state index in [1.54, 1.807) is 0 Å². The smallest absolute Gasteiger partial charge is 0.216 e. The lowest BCUT2D eigenvalue weighted by molar-refractivity contribution is -0.660. The van der Waals surface area contributed by atoms with Crippen LogP contribution in [0.15, 0.2) is 71.3 Å². The summed E-state index contributed by atoms with van der Waals surface area (Å²) in [6, 6.07) is 23.8. The first-order valence-corrected chi connectivity index (χ1v) is 12.5. The molecule has 1 fully saturated rings. The Morgan fingerprint density at radius 3 is 2.20 bits per heavy atom. The maximum absolute atomic E-state index is 9.99. The molecule has 0 unspecified atom stereocenters. The van der Waals surface area contributed by atoms with Gasteiger partial charge >= 0.3 is 0 Å². The average Bonchev–Trinajstić information content (AvgIpc) is 3.52. The first kappa shape index (κ1) is 21.6. The highest BCUT2D eigenvalue weighted by Gasteiger charge is 2.23. The maximum atomic E-state index is 9.99. The third kappa shape index (κ3) is 3.53. The van der Waals surface area contributed by atoms with Crippen molar-refractivity contribution < 1.29 is 8.98 Å². The first-order valence-electron chi connectivity index (χ1n) is 12.5. The number of nitrogens with zero attached hydrogens (tertiary/aromatic N) is 2. The Morgan fingerprint density at radius 2 is 1.51 bits per heavy atom. The van der Waals surface area contributed by atoms with E-state index in [1.165, 1.54) is 42.4 Å². The molecule has 2 aromatic heterocycles. The minimum atomic E-state index is 0.643. The summed E-state index contributed by atoms with van der Waals surface area (Å²) in [5.41, 5.74) is 10.2. The van der Waals surface area contributed by atoms with Crippen molar-refractivity contribution in [2.75, 3.05) is 0 Å². The average molecular weight is 458 g/mol. The van der Waals surface area contributed by atoms with Crippen LogP contribution in [0.4, 0.5) is 0 Å². The molecule has 0 bridgehead atoms. The molecule has 0 amide bonds. The lowest BCUT2D eigenvalue weighted by atomic mass is 9.92. The molecule has 0 aliphatic heterocycles. The Kier molecular flexibility index (Phi) is 5.19. The molecule has 0 N–H and O–H groups in total. The van der Waals surface area contributed by atoms with Gasteiger partial charge in [0.25, 0.3) is 0 Å². The molecule has 0 atom stereocenters. The van der Waals surface area contributed by atoms with Gasteiger partial charge in [0.1, 0.15) is 18.2 Å². The molecule has 0 spiro atoms. The van der Waals surface area contributed by atoms with Crippen LogP contribution in [0.1, 0.15) is 53.9 Å². The number of aryl methyl sites for hydroxylation is 3. The van der Waals surface area contributed by atoms with Gasteiger partial charge in [0.2, 0.25) is 5.69 Å². The molecule has 3 heteroatoms. The summed E-state index contributed by atoms with van der Waals surface area (Å²) in [7, 11) is 2.08. The van der Waals surface area contributed by atoms with Crippen LogP contribution in [0, 0.1) is 25.2 Å². The van der Waals surface area contributed by atoms with Gasteiger partial charge in [-0.05, 0) is 67.5 Å². The van der Waals surface area contributed by atoms with E-state index in [9.17, 15) is 5.26 Å². The third-order valence-electron chi connectivity index (χ3n) is 7.70. The number of hydrogen-bond acceptors (Lipinski definition) is 2. The van der Waals surface area contributed by atoms with E-state index in [0.29, 0.717) is 11.5 Å². The largest absolute Gasteiger partial charge is 0.454 e. The van der Waals surface area contributed by atoms with Gasteiger partial charge in [-0.1, -0.05) is 49.2 Å². The summed E-state index contributed by atoms with van der Waals surface area (Å²) in [6.07, 6.45) is 7.34. The molecule has 1 aliphatic carbocycles. The van der Waals surface area contributed by atoms with Gasteiger partial charge in [0, 0.05) is 28.0 Å². The summed E-state index contributed by atoms with van der Waals surface area (Å²) >= 11 is 0. The third-order valence-corrected chi connectivity index (χ3v) is 7.70. The molecule has 0 radical (unpaired) electrons. The number of nitriles is 1. The van der Waals surface area contributed by atoms with Gasteiger partial charge in [-0.2, -0.15) is 5.26 Å². The number of rotatable bonds is 3. The van der Waals surface area contributed by atoms with Gasteiger partial charge in [-0.3, -0.25) is 0 Å². The summed E-state index contributed by atoms with van der Waals surface area (Å²) < 4.78 is 8.86. The SMILES string of the molecule is Cc1ccc(-c2c(C)ccc3c2oc2c(-c4ccc(C5CCCC5)cc4)c(C#N)ccc23)[n+](C)c1. The van der Waals surface area contributed by atoms with Crippen LogP contribution >= 0.6 is 0 Å². The molecular weight excluding hydrogens is 428 g/mol. The fourth-order valence-corrected chi connectivity index (χ4v) is 5.89. The molecule has 1 saturated carbocycles. The Balaban J connectivity index is 1.59. The number of benzene rings is 3. The Labute approximate surface area is 206 Å². The minimum Gasteiger partial charge on any atom is -0.454 e. The van der Waals surface area contributed by atoms with Crippen molar-refractivity contribution in [3.63, 3.8) is 0 Å². The maximum Gasteiger partial charge on any atom is 0.216 e. The number of aromatic nitrogens is 1. The van der Waals surface area contributed by atoms with Crippen LogP contribution < -0.4 is 4.57 Å². The molecular formula is C32H29N2O+. The van der Waals surface area contributed by atoms with E-state index in [0.717, 1.165) is 44.3 Å². The van der Waals surface area contributed by atoms with Crippen LogP contribution in [-0.4, -0.2) is 0 Å². The summed E-state index contributed by atoms with van der Waals surface area (Å²) in [5.74, 6) is 0.669. The van der Waals surface area contributed by atoms with E-state index in [4.69, 9.17) is 4.42 Å². The summed E-state index contributed by atoms with van der Waals surface area (Å²) in [4.78, 5) is 0. The highest BCUT2D eigenvalue weighted by molar-refractivity contribution is 6.14. The molecule has 3 nitrogen and oxygen atoms in total. The number of furan rings is 1. The predicted octanol–water partition coefficient (Wildman–Crippen LogP) is 7.89. The second-order valence-electron chi connectivity index (χ2n) is 10.0. The van der Waals surface area contributed by atoms with E-state index < -0.39 is 0 Å². The van der Waals surface area contributed by atoms with E-state index in [1.807, 2.05) is 12.1 Å². The molecule has 1 aliphatic rings. The van der Waals surface area contributed by atoms with E-state index >= 15 is 0 Å². The topological polar surface area (TPSA) is 40.8 Å². The van der Waals surface area contributed by atoms with Crippen molar-refractivity contribution in [3.8, 4) is 28.5 Å². The minimum absolute atomic E-state index is 0.643. The molecule has 2 heterocycles. The predicted molar refractivity (Wildman–Crippen MR) is 141 cm³/mol. The molecule has 6 rings (SSSR count). The number of pyridine rings is 1. The van der Waals surface area contributed by atoms with Crippen molar-refractivity contribution in [3.05, 3.63) is 89.1 Å². The lowest BCUT2D eigenvalue weighted by Crippen LogP contribution is -2.31. The summed E-state index contributed by atoms with van der Waals surface area (Å²) in [5, 5.41) is 12.1.